The minimum Gasteiger partial charge on any atom is -0.247 e. The zero-order chi connectivity index (χ0) is 30.5. The number of pyridine rings is 3. The van der Waals surface area contributed by atoms with E-state index < -0.39 is 0 Å². The largest absolute Gasteiger partial charge is 0.247 e. The predicted molar refractivity (Wildman–Crippen MR) is 192 cm³/mol. The molecule has 0 atom stereocenters. The molecular formula is C43H27N3. The molecule has 0 radical (unpaired) electrons. The average Bonchev–Trinajstić information content (AvgIpc) is 3.14. The normalized spacial score (nSPS) is 11.5. The fourth-order valence-electron chi connectivity index (χ4n) is 6.58. The van der Waals surface area contributed by atoms with E-state index in [2.05, 4.69) is 140 Å². The molecular weight excluding hydrogens is 558 g/mol. The molecule has 0 saturated heterocycles. The Morgan fingerprint density at radius 1 is 0.326 bits per heavy atom. The van der Waals surface area contributed by atoms with Gasteiger partial charge in [-0.05, 0) is 29.3 Å². The molecule has 0 fully saturated rings. The Bertz CT molecular complexity index is 2560. The van der Waals surface area contributed by atoms with Crippen LogP contribution >= 0.6 is 0 Å². The van der Waals surface area contributed by atoms with E-state index >= 15 is 0 Å². The van der Waals surface area contributed by atoms with Gasteiger partial charge >= 0.3 is 0 Å². The Morgan fingerprint density at radius 3 is 1.52 bits per heavy atom. The fraction of sp³-hybridized carbons (Fsp3) is 0. The maximum Gasteiger partial charge on any atom is 0.0972 e. The highest BCUT2D eigenvalue weighted by atomic mass is 14.8. The van der Waals surface area contributed by atoms with E-state index in [0.717, 1.165) is 77.4 Å². The van der Waals surface area contributed by atoms with Crippen molar-refractivity contribution in [2.45, 2.75) is 0 Å². The molecule has 3 heterocycles. The maximum absolute atomic E-state index is 5.18. The first-order valence-corrected chi connectivity index (χ1v) is 15.5. The van der Waals surface area contributed by atoms with Crippen molar-refractivity contribution < 1.29 is 0 Å². The summed E-state index contributed by atoms with van der Waals surface area (Å²) in [6, 6.07) is 57.3. The van der Waals surface area contributed by atoms with Gasteiger partial charge in [-0.25, -0.2) is 15.0 Å². The number of nitrogens with zero attached hydrogens (tertiary/aromatic N) is 3. The molecule has 6 aromatic carbocycles. The number of hydrogen-bond acceptors (Lipinski definition) is 3. The third-order valence-electron chi connectivity index (χ3n) is 8.85. The quantitative estimate of drug-likeness (QED) is 0.193. The Labute approximate surface area is 266 Å². The maximum atomic E-state index is 5.18. The summed E-state index contributed by atoms with van der Waals surface area (Å²) in [6.45, 7) is 0. The molecule has 0 unspecified atom stereocenters. The predicted octanol–water partition coefficient (Wildman–Crippen LogP) is 11.2. The van der Waals surface area contributed by atoms with Crippen LogP contribution in [-0.4, -0.2) is 15.0 Å². The van der Waals surface area contributed by atoms with Crippen molar-refractivity contribution in [2.75, 3.05) is 0 Å². The number of benzene rings is 6. The molecule has 0 aliphatic rings. The Kier molecular flexibility index (Phi) is 6.14. The summed E-state index contributed by atoms with van der Waals surface area (Å²) in [5, 5.41) is 5.69. The molecule has 0 saturated carbocycles. The van der Waals surface area contributed by atoms with Crippen LogP contribution in [0.25, 0.3) is 88.4 Å². The third kappa shape index (κ3) is 4.41. The van der Waals surface area contributed by atoms with E-state index in [1.807, 2.05) is 24.3 Å². The van der Waals surface area contributed by atoms with Crippen molar-refractivity contribution >= 4 is 43.5 Å². The highest BCUT2D eigenvalue weighted by Crippen LogP contribution is 2.39. The molecule has 9 rings (SSSR count). The summed E-state index contributed by atoms with van der Waals surface area (Å²) in [7, 11) is 0. The van der Waals surface area contributed by atoms with Crippen molar-refractivity contribution in [1.82, 2.24) is 15.0 Å². The number of para-hydroxylation sites is 1. The second-order valence-electron chi connectivity index (χ2n) is 11.6. The van der Waals surface area contributed by atoms with E-state index in [1.165, 1.54) is 10.9 Å². The summed E-state index contributed by atoms with van der Waals surface area (Å²) in [6.07, 6.45) is 0. The van der Waals surface area contributed by atoms with Gasteiger partial charge in [0, 0.05) is 43.6 Å². The molecule has 3 nitrogen and oxygen atoms in total. The Hall–Kier alpha value is -6.19. The van der Waals surface area contributed by atoms with Crippen LogP contribution in [0.1, 0.15) is 0 Å². The highest BCUT2D eigenvalue weighted by molar-refractivity contribution is 6.17. The van der Waals surface area contributed by atoms with Crippen molar-refractivity contribution in [2.24, 2.45) is 0 Å². The highest BCUT2D eigenvalue weighted by Gasteiger charge is 2.15. The lowest BCUT2D eigenvalue weighted by atomic mass is 9.92. The van der Waals surface area contributed by atoms with Crippen LogP contribution in [0.15, 0.2) is 164 Å². The molecule has 0 amide bonds. The molecule has 0 aliphatic heterocycles. The summed E-state index contributed by atoms with van der Waals surface area (Å²) in [4.78, 5) is 15.4. The van der Waals surface area contributed by atoms with Gasteiger partial charge in [-0.2, -0.15) is 0 Å². The van der Waals surface area contributed by atoms with Gasteiger partial charge < -0.3 is 0 Å². The smallest absolute Gasteiger partial charge is 0.0972 e. The van der Waals surface area contributed by atoms with Gasteiger partial charge in [-0.3, -0.25) is 0 Å². The van der Waals surface area contributed by atoms with Gasteiger partial charge in [-0.1, -0.05) is 146 Å². The topological polar surface area (TPSA) is 38.7 Å². The zero-order valence-electron chi connectivity index (χ0n) is 24.9. The van der Waals surface area contributed by atoms with Crippen molar-refractivity contribution in [3.8, 4) is 44.9 Å². The van der Waals surface area contributed by atoms with Crippen molar-refractivity contribution in [1.29, 1.82) is 0 Å². The summed E-state index contributed by atoms with van der Waals surface area (Å²) < 4.78 is 0. The van der Waals surface area contributed by atoms with Crippen LogP contribution in [0.5, 0.6) is 0 Å². The molecule has 3 heteroatoms. The first-order valence-electron chi connectivity index (χ1n) is 15.5. The Balaban J connectivity index is 1.17. The summed E-state index contributed by atoms with van der Waals surface area (Å²) in [5.74, 6) is 0. The lowest BCUT2D eigenvalue weighted by Crippen LogP contribution is -1.92. The van der Waals surface area contributed by atoms with Gasteiger partial charge in [-0.15, -0.1) is 0 Å². The molecule has 46 heavy (non-hydrogen) atoms. The van der Waals surface area contributed by atoms with Crippen LogP contribution in [0.2, 0.25) is 0 Å². The van der Waals surface area contributed by atoms with Gasteiger partial charge in [0.25, 0.3) is 0 Å². The lowest BCUT2D eigenvalue weighted by Gasteiger charge is -2.14. The molecule has 0 N–H and O–H groups in total. The first kappa shape index (κ1) is 26.2. The van der Waals surface area contributed by atoms with Crippen LogP contribution in [0.4, 0.5) is 0 Å². The lowest BCUT2D eigenvalue weighted by molar-refractivity contribution is 1.36. The van der Waals surface area contributed by atoms with E-state index in [9.17, 15) is 0 Å². The minimum atomic E-state index is 0.915. The number of rotatable bonds is 4. The van der Waals surface area contributed by atoms with E-state index in [4.69, 9.17) is 15.0 Å². The number of hydrogen-bond donors (Lipinski definition) is 0. The standard InChI is InChI=1S/C43H27N3/c1-3-10-29(11-4-1)37-26-24-32-22-23-33-25-27-38(45-43(33)42(32)44-37)30-20-18-28(19-21-30)34-15-9-16-36-40(34)35-14-7-8-17-39(35)46-41(36)31-12-5-2-6-13-31/h1-27H. The number of aromatic nitrogens is 3. The summed E-state index contributed by atoms with van der Waals surface area (Å²) in [5.41, 5.74) is 11.3. The molecule has 214 valence electrons. The van der Waals surface area contributed by atoms with E-state index in [0.29, 0.717) is 0 Å². The second-order valence-corrected chi connectivity index (χ2v) is 11.6. The first-order chi connectivity index (χ1) is 22.8. The van der Waals surface area contributed by atoms with Crippen LogP contribution in [0.3, 0.4) is 0 Å². The zero-order valence-corrected chi connectivity index (χ0v) is 24.9. The molecule has 3 aromatic heterocycles. The fourth-order valence-corrected chi connectivity index (χ4v) is 6.58. The third-order valence-corrected chi connectivity index (χ3v) is 8.85. The van der Waals surface area contributed by atoms with Crippen molar-refractivity contribution in [3.63, 3.8) is 0 Å². The molecule has 0 bridgehead atoms. The monoisotopic (exact) mass is 585 g/mol. The van der Waals surface area contributed by atoms with Crippen LogP contribution in [0, 0.1) is 0 Å². The van der Waals surface area contributed by atoms with Gasteiger partial charge in [0.05, 0.1) is 33.6 Å². The molecule has 0 spiro atoms. The van der Waals surface area contributed by atoms with Gasteiger partial charge in [0.2, 0.25) is 0 Å². The Morgan fingerprint density at radius 2 is 0.848 bits per heavy atom. The minimum absolute atomic E-state index is 0.915. The van der Waals surface area contributed by atoms with Crippen LogP contribution < -0.4 is 0 Å². The molecule has 9 aromatic rings. The van der Waals surface area contributed by atoms with Gasteiger partial charge in [0.1, 0.15) is 0 Å². The van der Waals surface area contributed by atoms with Gasteiger partial charge in [0.15, 0.2) is 0 Å². The van der Waals surface area contributed by atoms with E-state index in [-0.39, 0.29) is 0 Å². The summed E-state index contributed by atoms with van der Waals surface area (Å²) >= 11 is 0. The second kappa shape index (κ2) is 10.8. The van der Waals surface area contributed by atoms with E-state index in [1.54, 1.807) is 0 Å². The SMILES string of the molecule is c1ccc(-c2ccc3ccc4ccc(-c5ccc(-c6cccc7c(-c8ccccc8)nc8ccccc8c67)cc5)nc4c3n2)cc1. The number of fused-ring (bicyclic) bond motifs is 6. The van der Waals surface area contributed by atoms with Crippen LogP contribution in [-0.2, 0) is 0 Å². The van der Waals surface area contributed by atoms with Crippen molar-refractivity contribution in [3.05, 3.63) is 164 Å². The molecule has 0 aliphatic carbocycles. The average molecular weight is 586 g/mol.